The maximum Gasteiger partial charge on any atom is 0.251 e. The molecule has 0 aliphatic carbocycles. The van der Waals surface area contributed by atoms with E-state index in [0.717, 1.165) is 27.4 Å². The Morgan fingerprint density at radius 3 is 2.52 bits per heavy atom. The van der Waals surface area contributed by atoms with Crippen LogP contribution in [0, 0.1) is 5.82 Å². The van der Waals surface area contributed by atoms with Crippen molar-refractivity contribution in [1.29, 1.82) is 0 Å². The molecule has 6 heteroatoms. The van der Waals surface area contributed by atoms with Crippen LogP contribution in [0.1, 0.15) is 23.0 Å². The summed E-state index contributed by atoms with van der Waals surface area (Å²) in [7, 11) is 1.75. The maximum atomic E-state index is 13.5. The zero-order valence-electron chi connectivity index (χ0n) is 17.1. The normalized spacial score (nSPS) is 17.9. The van der Waals surface area contributed by atoms with Gasteiger partial charge in [-0.25, -0.2) is 4.39 Å². The molecule has 0 radical (unpaired) electrons. The van der Waals surface area contributed by atoms with Crippen molar-refractivity contribution < 1.29 is 14.0 Å². The van der Waals surface area contributed by atoms with Crippen molar-refractivity contribution in [1.82, 2.24) is 10.3 Å². The van der Waals surface area contributed by atoms with Crippen molar-refractivity contribution >= 4 is 39.2 Å². The number of anilines is 1. The van der Waals surface area contributed by atoms with Crippen LogP contribution in [0.15, 0.2) is 66.7 Å². The van der Waals surface area contributed by atoms with Crippen LogP contribution in [-0.4, -0.2) is 30.4 Å². The number of hydrogen-bond donors (Lipinski definition) is 1. The molecule has 0 fully saturated rings. The molecule has 1 aliphatic rings. The van der Waals surface area contributed by atoms with Crippen molar-refractivity contribution in [3.8, 4) is 0 Å². The fourth-order valence-electron chi connectivity index (χ4n) is 4.37. The zero-order valence-corrected chi connectivity index (χ0v) is 17.1. The van der Waals surface area contributed by atoms with Gasteiger partial charge >= 0.3 is 0 Å². The van der Waals surface area contributed by atoms with Gasteiger partial charge in [0, 0.05) is 29.9 Å². The first kappa shape index (κ1) is 19.2. The molecule has 1 unspecified atom stereocenters. The van der Waals surface area contributed by atoms with E-state index in [1.165, 1.54) is 24.3 Å². The van der Waals surface area contributed by atoms with Gasteiger partial charge in [0.2, 0.25) is 5.91 Å². The van der Waals surface area contributed by atoms with Crippen LogP contribution in [0.4, 0.5) is 10.1 Å². The molecule has 5 nitrogen and oxygen atoms in total. The molecule has 0 spiro atoms. The van der Waals surface area contributed by atoms with Crippen LogP contribution < -0.4 is 10.2 Å². The summed E-state index contributed by atoms with van der Waals surface area (Å²) in [6.07, 6.45) is 0. The van der Waals surface area contributed by atoms with Crippen LogP contribution in [0.3, 0.4) is 0 Å². The van der Waals surface area contributed by atoms with E-state index < -0.39 is 11.2 Å². The fourth-order valence-corrected chi connectivity index (χ4v) is 4.37. The first-order valence-corrected chi connectivity index (χ1v) is 10.0. The number of halogens is 1. The van der Waals surface area contributed by atoms with Gasteiger partial charge in [-0.15, -0.1) is 0 Å². The van der Waals surface area contributed by atoms with Crippen LogP contribution in [0.2, 0.25) is 0 Å². The number of amides is 2. The van der Waals surface area contributed by atoms with Crippen LogP contribution in [0.5, 0.6) is 0 Å². The summed E-state index contributed by atoms with van der Waals surface area (Å²) < 4.78 is 13.2. The van der Waals surface area contributed by atoms with Gasteiger partial charge in [-0.1, -0.05) is 30.3 Å². The van der Waals surface area contributed by atoms with Gasteiger partial charge in [0.1, 0.15) is 11.2 Å². The number of aromatic nitrogens is 1. The lowest BCUT2D eigenvalue weighted by Crippen LogP contribution is -2.53. The highest BCUT2D eigenvalue weighted by Crippen LogP contribution is 2.43. The molecule has 2 amide bonds. The molecule has 4 aromatic rings. The number of para-hydroxylation sites is 1. The third kappa shape index (κ3) is 2.86. The quantitative estimate of drug-likeness (QED) is 0.512. The predicted molar refractivity (Wildman–Crippen MR) is 119 cm³/mol. The third-order valence-electron chi connectivity index (χ3n) is 6.08. The molecule has 31 heavy (non-hydrogen) atoms. The van der Waals surface area contributed by atoms with Crippen molar-refractivity contribution in [2.24, 2.45) is 0 Å². The Morgan fingerprint density at radius 2 is 1.74 bits per heavy atom. The van der Waals surface area contributed by atoms with E-state index in [1.54, 1.807) is 11.9 Å². The average Bonchev–Trinajstić information content (AvgIpc) is 2.80. The number of nitrogens with one attached hydrogen (secondary N) is 1. The second-order valence-electron chi connectivity index (χ2n) is 8.06. The Hall–Kier alpha value is -3.80. The van der Waals surface area contributed by atoms with Gasteiger partial charge in [0.25, 0.3) is 5.91 Å². The highest BCUT2D eigenvalue weighted by atomic mass is 19.1. The Kier molecular flexibility index (Phi) is 4.25. The van der Waals surface area contributed by atoms with Crippen molar-refractivity contribution in [3.05, 3.63) is 83.8 Å². The topological polar surface area (TPSA) is 62.3 Å². The van der Waals surface area contributed by atoms with Crippen LogP contribution in [0.25, 0.3) is 21.7 Å². The first-order valence-electron chi connectivity index (χ1n) is 10.0. The smallest absolute Gasteiger partial charge is 0.251 e. The standard InChI is InChI=1S/C25H20FN3O2/c1-25(14-27-23(30)15-10-12-16(26)13-11-15)22-21-18(17-6-3-4-8-19(17)28-22)7-5-9-20(21)29(2)24(25)31/h3-13H,14H2,1-2H3,(H,27,30). The lowest BCUT2D eigenvalue weighted by molar-refractivity contribution is -0.123. The summed E-state index contributed by atoms with van der Waals surface area (Å²) >= 11 is 0. The number of hydrogen-bond acceptors (Lipinski definition) is 3. The largest absolute Gasteiger partial charge is 0.351 e. The number of benzene rings is 3. The maximum absolute atomic E-state index is 13.5. The van der Waals surface area contributed by atoms with Crippen LogP contribution in [-0.2, 0) is 10.2 Å². The summed E-state index contributed by atoms with van der Waals surface area (Å²) in [5, 5.41) is 5.81. The number of carbonyl (C=O) groups excluding carboxylic acids is 2. The molecule has 0 bridgehead atoms. The summed E-state index contributed by atoms with van der Waals surface area (Å²) in [6, 6.07) is 19.0. The number of rotatable bonds is 3. The minimum Gasteiger partial charge on any atom is -0.351 e. The Morgan fingerprint density at radius 1 is 1.03 bits per heavy atom. The molecule has 2 heterocycles. The van der Waals surface area contributed by atoms with E-state index in [1.807, 2.05) is 49.4 Å². The molecule has 0 saturated heterocycles. The number of pyridine rings is 1. The van der Waals surface area contributed by atoms with E-state index >= 15 is 0 Å². The molecular weight excluding hydrogens is 393 g/mol. The van der Waals surface area contributed by atoms with E-state index in [4.69, 9.17) is 4.98 Å². The van der Waals surface area contributed by atoms with Crippen molar-refractivity contribution in [2.75, 3.05) is 18.5 Å². The van der Waals surface area contributed by atoms with Gasteiger partial charge in [-0.2, -0.15) is 0 Å². The van der Waals surface area contributed by atoms with Gasteiger partial charge in [0.15, 0.2) is 0 Å². The minimum absolute atomic E-state index is 0.0706. The molecule has 154 valence electrons. The number of likely N-dealkylation sites (N-methyl/N-ethyl adjacent to an activating group) is 1. The Balaban J connectivity index is 1.63. The summed E-state index contributed by atoms with van der Waals surface area (Å²) in [4.78, 5) is 32.6. The highest BCUT2D eigenvalue weighted by molar-refractivity contribution is 6.19. The van der Waals surface area contributed by atoms with E-state index in [2.05, 4.69) is 5.32 Å². The second kappa shape index (κ2) is 6.87. The van der Waals surface area contributed by atoms with Crippen LogP contribution >= 0.6 is 0 Å². The minimum atomic E-state index is -1.05. The first-order chi connectivity index (χ1) is 14.9. The van der Waals surface area contributed by atoms with E-state index in [-0.39, 0.29) is 18.4 Å². The average molecular weight is 413 g/mol. The third-order valence-corrected chi connectivity index (χ3v) is 6.08. The number of nitrogens with zero attached hydrogens (tertiary/aromatic N) is 2. The summed E-state index contributed by atoms with van der Waals surface area (Å²) in [6.45, 7) is 1.88. The van der Waals surface area contributed by atoms with Gasteiger partial charge < -0.3 is 10.2 Å². The van der Waals surface area contributed by atoms with Gasteiger partial charge in [-0.05, 0) is 48.7 Å². The predicted octanol–water partition coefficient (Wildman–Crippen LogP) is 4.19. The van der Waals surface area contributed by atoms with Crippen molar-refractivity contribution in [2.45, 2.75) is 12.3 Å². The van der Waals surface area contributed by atoms with Crippen molar-refractivity contribution in [3.63, 3.8) is 0 Å². The lowest BCUT2D eigenvalue weighted by Gasteiger charge is -2.38. The lowest BCUT2D eigenvalue weighted by atomic mass is 9.78. The summed E-state index contributed by atoms with van der Waals surface area (Å²) in [5.41, 5.74) is 1.53. The SMILES string of the molecule is CN1C(=O)C(C)(CNC(=O)c2ccc(F)cc2)c2nc3ccccc3c3cccc1c23. The van der Waals surface area contributed by atoms with Gasteiger partial charge in [-0.3, -0.25) is 14.6 Å². The molecular formula is C25H20FN3O2. The molecule has 0 saturated carbocycles. The molecule has 3 aromatic carbocycles. The van der Waals surface area contributed by atoms with Gasteiger partial charge in [0.05, 0.1) is 16.9 Å². The molecule has 1 aliphatic heterocycles. The monoisotopic (exact) mass is 413 g/mol. The zero-order chi connectivity index (χ0) is 21.8. The number of fused-ring (bicyclic) bond motifs is 2. The molecule has 1 N–H and O–H groups in total. The van der Waals surface area contributed by atoms with E-state index in [0.29, 0.717) is 11.3 Å². The Bertz CT molecular complexity index is 1370. The molecule has 5 rings (SSSR count). The van der Waals surface area contributed by atoms with E-state index in [9.17, 15) is 14.0 Å². The molecule has 1 atom stereocenters. The second-order valence-corrected chi connectivity index (χ2v) is 8.06. The summed E-state index contributed by atoms with van der Waals surface area (Å²) in [5.74, 6) is -0.922. The molecule has 1 aromatic heterocycles. The fraction of sp³-hybridized carbons (Fsp3) is 0.160. The Labute approximate surface area is 178 Å². The number of carbonyl (C=O) groups is 2. The highest BCUT2D eigenvalue weighted by Gasteiger charge is 2.45.